The first-order chi connectivity index (χ1) is 9.30. The summed E-state index contributed by atoms with van der Waals surface area (Å²) in [5.74, 6) is 3.34. The van der Waals surface area contributed by atoms with E-state index in [1.807, 2.05) is 0 Å². The van der Waals surface area contributed by atoms with Crippen molar-refractivity contribution in [2.75, 3.05) is 20.1 Å². The fraction of sp³-hybridized carbons (Fsp3) is 0.438. The van der Waals surface area contributed by atoms with Crippen LogP contribution in [0.3, 0.4) is 0 Å². The van der Waals surface area contributed by atoms with Crippen LogP contribution in [-0.2, 0) is 5.41 Å². The van der Waals surface area contributed by atoms with Crippen molar-refractivity contribution in [1.29, 1.82) is 0 Å². The molecule has 108 valence electrons. The van der Waals surface area contributed by atoms with Gasteiger partial charge in [0, 0.05) is 19.0 Å². The van der Waals surface area contributed by atoms with E-state index in [2.05, 4.69) is 51.9 Å². The van der Waals surface area contributed by atoms with Crippen LogP contribution in [0, 0.1) is 12.3 Å². The molecule has 2 rings (SSSR count). The summed E-state index contributed by atoms with van der Waals surface area (Å²) in [5, 5.41) is 6.48. The number of guanidine groups is 1. The minimum atomic E-state index is 0. The van der Waals surface area contributed by atoms with Gasteiger partial charge in [0.2, 0.25) is 0 Å². The molecular weight excluding hydrogens is 361 g/mol. The minimum absolute atomic E-state index is 0. The largest absolute Gasteiger partial charge is 0.355 e. The number of nitrogens with one attached hydrogen (secondary N) is 2. The maximum Gasteiger partial charge on any atom is 0.191 e. The minimum Gasteiger partial charge on any atom is -0.355 e. The summed E-state index contributed by atoms with van der Waals surface area (Å²) in [6, 6.07) is 10.7. The quantitative estimate of drug-likeness (QED) is 0.363. The van der Waals surface area contributed by atoms with Crippen molar-refractivity contribution in [2.24, 2.45) is 4.99 Å². The molecule has 0 atom stereocenters. The lowest BCUT2D eigenvalue weighted by atomic mass is 9.64. The number of hydrogen-bond donors (Lipinski definition) is 2. The first kappa shape index (κ1) is 16.8. The predicted octanol–water partition coefficient (Wildman–Crippen LogP) is 2.52. The van der Waals surface area contributed by atoms with E-state index in [0.717, 1.165) is 12.5 Å². The number of nitrogens with zero attached hydrogens (tertiary/aromatic N) is 1. The van der Waals surface area contributed by atoms with Crippen molar-refractivity contribution in [2.45, 2.75) is 24.7 Å². The van der Waals surface area contributed by atoms with Crippen LogP contribution < -0.4 is 10.6 Å². The number of benzene rings is 1. The highest BCUT2D eigenvalue weighted by molar-refractivity contribution is 14.0. The second-order valence-corrected chi connectivity index (χ2v) is 4.98. The summed E-state index contributed by atoms with van der Waals surface area (Å²) in [6.07, 6.45) is 9.01. The molecule has 1 aromatic carbocycles. The molecule has 0 unspecified atom stereocenters. The van der Waals surface area contributed by atoms with Gasteiger partial charge in [0.05, 0.1) is 6.54 Å². The highest BCUT2D eigenvalue weighted by Crippen LogP contribution is 2.43. The van der Waals surface area contributed by atoms with E-state index in [-0.39, 0.29) is 29.4 Å². The van der Waals surface area contributed by atoms with Gasteiger partial charge in [-0.3, -0.25) is 4.99 Å². The summed E-state index contributed by atoms with van der Waals surface area (Å²) in [5.41, 5.74) is 1.68. The van der Waals surface area contributed by atoms with Crippen LogP contribution in [-0.4, -0.2) is 26.1 Å². The van der Waals surface area contributed by atoms with E-state index in [4.69, 9.17) is 6.42 Å². The summed E-state index contributed by atoms with van der Waals surface area (Å²) in [4.78, 5) is 4.18. The van der Waals surface area contributed by atoms with Crippen LogP contribution in [0.5, 0.6) is 0 Å². The SMILES string of the molecule is C#CCNC(=NC)NCC1(c2ccccc2)CCC1.I. The molecule has 0 aliphatic heterocycles. The van der Waals surface area contributed by atoms with Crippen LogP contribution in [0.15, 0.2) is 35.3 Å². The second-order valence-electron chi connectivity index (χ2n) is 4.98. The van der Waals surface area contributed by atoms with Crippen LogP contribution in [0.4, 0.5) is 0 Å². The van der Waals surface area contributed by atoms with Gasteiger partial charge in [-0.2, -0.15) is 0 Å². The molecule has 0 aromatic heterocycles. The molecule has 0 saturated heterocycles. The molecule has 3 nitrogen and oxygen atoms in total. The number of halogens is 1. The standard InChI is InChI=1S/C16H21N3.HI/c1-3-12-18-15(17-2)19-13-16(10-7-11-16)14-8-5-4-6-9-14;/h1,4-6,8-9H,7,10-13H2,2H3,(H2,17,18,19);1H. The zero-order chi connectivity index (χ0) is 13.6. The highest BCUT2D eigenvalue weighted by atomic mass is 127. The van der Waals surface area contributed by atoms with Gasteiger partial charge in [-0.1, -0.05) is 42.7 Å². The Morgan fingerprint density at radius 1 is 1.30 bits per heavy atom. The van der Waals surface area contributed by atoms with E-state index in [1.165, 1.54) is 24.8 Å². The molecule has 1 aliphatic rings. The highest BCUT2D eigenvalue weighted by Gasteiger charge is 2.38. The lowest BCUT2D eigenvalue weighted by Gasteiger charge is -2.43. The third-order valence-electron chi connectivity index (χ3n) is 3.87. The Morgan fingerprint density at radius 3 is 2.50 bits per heavy atom. The molecule has 0 radical (unpaired) electrons. The third-order valence-corrected chi connectivity index (χ3v) is 3.87. The molecule has 4 heteroatoms. The number of terminal acetylenes is 1. The molecular formula is C16H22IN3. The molecule has 1 fully saturated rings. The number of hydrogen-bond acceptors (Lipinski definition) is 1. The van der Waals surface area contributed by atoms with Crippen LogP contribution in [0.2, 0.25) is 0 Å². The fourth-order valence-electron chi connectivity index (χ4n) is 2.57. The summed E-state index contributed by atoms with van der Waals surface area (Å²) in [7, 11) is 1.77. The molecule has 1 aliphatic carbocycles. The average Bonchev–Trinajstić information content (AvgIpc) is 2.42. The Labute approximate surface area is 138 Å². The van der Waals surface area contributed by atoms with Gasteiger partial charge in [0.15, 0.2) is 5.96 Å². The Balaban J connectivity index is 0.00000200. The lowest BCUT2D eigenvalue weighted by Crippen LogP contribution is -2.48. The van der Waals surface area contributed by atoms with E-state index in [9.17, 15) is 0 Å². The molecule has 0 spiro atoms. The summed E-state index contributed by atoms with van der Waals surface area (Å²) < 4.78 is 0. The molecule has 0 heterocycles. The summed E-state index contributed by atoms with van der Waals surface area (Å²) in [6.45, 7) is 1.40. The van der Waals surface area contributed by atoms with E-state index >= 15 is 0 Å². The van der Waals surface area contributed by atoms with Gasteiger partial charge < -0.3 is 10.6 Å². The topological polar surface area (TPSA) is 36.4 Å². The Morgan fingerprint density at radius 2 is 2.00 bits per heavy atom. The smallest absolute Gasteiger partial charge is 0.191 e. The maximum atomic E-state index is 5.25. The van der Waals surface area contributed by atoms with E-state index in [0.29, 0.717) is 6.54 Å². The molecule has 2 N–H and O–H groups in total. The Bertz CT molecular complexity index is 472. The van der Waals surface area contributed by atoms with E-state index < -0.39 is 0 Å². The molecule has 20 heavy (non-hydrogen) atoms. The van der Waals surface area contributed by atoms with Crippen molar-refractivity contribution < 1.29 is 0 Å². The van der Waals surface area contributed by atoms with Crippen LogP contribution >= 0.6 is 24.0 Å². The van der Waals surface area contributed by atoms with Crippen molar-refractivity contribution in [1.82, 2.24) is 10.6 Å². The monoisotopic (exact) mass is 383 g/mol. The van der Waals surface area contributed by atoms with Crippen LogP contribution in [0.25, 0.3) is 0 Å². The number of rotatable bonds is 4. The van der Waals surface area contributed by atoms with Gasteiger partial charge in [0.1, 0.15) is 0 Å². The van der Waals surface area contributed by atoms with E-state index in [1.54, 1.807) is 7.05 Å². The van der Waals surface area contributed by atoms with Gasteiger partial charge >= 0.3 is 0 Å². The van der Waals surface area contributed by atoms with Gasteiger partial charge in [-0.05, 0) is 18.4 Å². The lowest BCUT2D eigenvalue weighted by molar-refractivity contribution is 0.244. The Kier molecular flexibility index (Phi) is 6.86. The normalized spacial score (nSPS) is 16.3. The third kappa shape index (κ3) is 3.89. The predicted molar refractivity (Wildman–Crippen MR) is 95.6 cm³/mol. The van der Waals surface area contributed by atoms with Gasteiger partial charge in [-0.25, -0.2) is 0 Å². The zero-order valence-electron chi connectivity index (χ0n) is 11.9. The molecule has 1 aromatic rings. The average molecular weight is 383 g/mol. The first-order valence-electron chi connectivity index (χ1n) is 6.74. The molecule has 0 bridgehead atoms. The Hall–Kier alpha value is -1.22. The van der Waals surface area contributed by atoms with Gasteiger partial charge in [0.25, 0.3) is 0 Å². The maximum absolute atomic E-state index is 5.25. The van der Waals surface area contributed by atoms with Crippen molar-refractivity contribution in [3.05, 3.63) is 35.9 Å². The van der Waals surface area contributed by atoms with Crippen molar-refractivity contribution >= 4 is 29.9 Å². The van der Waals surface area contributed by atoms with Gasteiger partial charge in [-0.15, -0.1) is 30.4 Å². The zero-order valence-corrected chi connectivity index (χ0v) is 14.2. The summed E-state index contributed by atoms with van der Waals surface area (Å²) >= 11 is 0. The first-order valence-corrected chi connectivity index (χ1v) is 6.74. The van der Waals surface area contributed by atoms with Crippen LogP contribution in [0.1, 0.15) is 24.8 Å². The van der Waals surface area contributed by atoms with Crippen molar-refractivity contribution in [3.8, 4) is 12.3 Å². The fourth-order valence-corrected chi connectivity index (χ4v) is 2.57. The number of aliphatic imine (C=N–C) groups is 1. The molecule has 1 saturated carbocycles. The second kappa shape index (κ2) is 8.15. The molecule has 0 amide bonds. The van der Waals surface area contributed by atoms with Crippen molar-refractivity contribution in [3.63, 3.8) is 0 Å².